The van der Waals surface area contributed by atoms with Gasteiger partial charge in [0.1, 0.15) is 0 Å². The second-order valence-corrected chi connectivity index (χ2v) is 10.8. The lowest BCUT2D eigenvalue weighted by Crippen LogP contribution is -2.31. The molecule has 6 nitrogen and oxygen atoms in total. The molecule has 0 aliphatic carbocycles. The van der Waals surface area contributed by atoms with Crippen molar-refractivity contribution in [3.05, 3.63) is 94.0 Å². The molecule has 2 N–H and O–H groups in total. The van der Waals surface area contributed by atoms with E-state index in [0.717, 1.165) is 24.2 Å². The molecule has 3 aromatic rings. The Labute approximate surface area is 199 Å². The average Bonchev–Trinajstić information content (AvgIpc) is 3.14. The van der Waals surface area contributed by atoms with E-state index in [0.29, 0.717) is 5.69 Å². The van der Waals surface area contributed by atoms with Crippen molar-refractivity contribution >= 4 is 33.2 Å². The van der Waals surface area contributed by atoms with Gasteiger partial charge < -0.3 is 10.6 Å². The Bertz CT molecular complexity index is 1280. The smallest absolute Gasteiger partial charge is 0.319 e. The van der Waals surface area contributed by atoms with Crippen LogP contribution in [-0.2, 0) is 28.7 Å². The molecule has 1 aliphatic rings. The highest BCUT2D eigenvalue weighted by Crippen LogP contribution is 2.29. The highest BCUT2D eigenvalue weighted by atomic mass is 35.5. The number of halogens is 1. The highest BCUT2D eigenvalue weighted by molar-refractivity contribution is 7.90. The summed E-state index contributed by atoms with van der Waals surface area (Å²) in [5.41, 5.74) is 4.46. The first-order chi connectivity index (χ1) is 15.7. The van der Waals surface area contributed by atoms with E-state index in [4.69, 9.17) is 11.6 Å². The van der Waals surface area contributed by atoms with Gasteiger partial charge in [-0.05, 0) is 54.4 Å². The Morgan fingerprint density at radius 3 is 2.48 bits per heavy atom. The Morgan fingerprint density at radius 1 is 1.03 bits per heavy atom. The third-order valence-electron chi connectivity index (χ3n) is 5.70. The summed E-state index contributed by atoms with van der Waals surface area (Å²) in [6, 6.07) is 19.2. The van der Waals surface area contributed by atoms with Gasteiger partial charge in [-0.25, -0.2) is 13.2 Å². The Kier molecular flexibility index (Phi) is 6.74. The molecule has 33 heavy (non-hydrogen) atoms. The molecular formula is C25H26ClN3O3S. The van der Waals surface area contributed by atoms with E-state index >= 15 is 0 Å². The van der Waals surface area contributed by atoms with E-state index < -0.39 is 15.9 Å². The van der Waals surface area contributed by atoms with Gasteiger partial charge in [-0.1, -0.05) is 60.1 Å². The Hall–Kier alpha value is -2.87. The molecule has 172 valence electrons. The summed E-state index contributed by atoms with van der Waals surface area (Å²) in [4.78, 5) is 14.7. The molecule has 2 amide bonds. The molecule has 0 aromatic heterocycles. The lowest BCUT2D eigenvalue weighted by atomic mass is 10.1. The average molecular weight is 484 g/mol. The van der Waals surface area contributed by atoms with Crippen LogP contribution in [0.3, 0.4) is 0 Å². The second-order valence-electron chi connectivity index (χ2n) is 8.41. The third kappa shape index (κ3) is 5.55. The summed E-state index contributed by atoms with van der Waals surface area (Å²) in [5.74, 6) is -0.109. The van der Waals surface area contributed by atoms with E-state index in [-0.39, 0.29) is 21.7 Å². The number of carbonyl (C=O) groups is 1. The number of carbonyl (C=O) groups excluding carboxylic acids is 1. The second kappa shape index (κ2) is 9.55. The number of urea groups is 1. The molecular weight excluding hydrogens is 458 g/mol. The summed E-state index contributed by atoms with van der Waals surface area (Å²) in [5, 5.41) is 5.69. The van der Waals surface area contributed by atoms with E-state index in [9.17, 15) is 13.2 Å². The van der Waals surface area contributed by atoms with Crippen LogP contribution in [0.4, 0.5) is 10.5 Å². The molecule has 0 radical (unpaired) electrons. The van der Waals surface area contributed by atoms with Gasteiger partial charge in [0.05, 0.1) is 27.4 Å². The lowest BCUT2D eigenvalue weighted by molar-refractivity contribution is 0.249. The van der Waals surface area contributed by atoms with Crippen LogP contribution in [0.15, 0.2) is 71.6 Å². The molecule has 1 heterocycles. The largest absolute Gasteiger partial charge is 0.331 e. The van der Waals surface area contributed by atoms with Crippen molar-refractivity contribution in [3.8, 4) is 0 Å². The van der Waals surface area contributed by atoms with Crippen molar-refractivity contribution in [1.82, 2.24) is 10.2 Å². The van der Waals surface area contributed by atoms with E-state index in [1.807, 2.05) is 62.5 Å². The minimum Gasteiger partial charge on any atom is -0.331 e. The van der Waals surface area contributed by atoms with Gasteiger partial charge in [-0.3, -0.25) is 4.90 Å². The predicted molar refractivity (Wildman–Crippen MR) is 131 cm³/mol. The van der Waals surface area contributed by atoms with Crippen LogP contribution < -0.4 is 10.6 Å². The maximum Gasteiger partial charge on any atom is 0.319 e. The highest BCUT2D eigenvalue weighted by Gasteiger charge is 2.21. The maximum atomic E-state index is 13.0. The van der Waals surface area contributed by atoms with Crippen molar-refractivity contribution in [3.63, 3.8) is 0 Å². The first kappa shape index (κ1) is 23.3. The first-order valence-electron chi connectivity index (χ1n) is 10.7. The van der Waals surface area contributed by atoms with Gasteiger partial charge in [0.2, 0.25) is 0 Å². The van der Waals surface area contributed by atoms with Crippen LogP contribution in [0.1, 0.15) is 35.2 Å². The van der Waals surface area contributed by atoms with Gasteiger partial charge in [0, 0.05) is 13.1 Å². The van der Waals surface area contributed by atoms with Crippen LogP contribution in [-0.4, -0.2) is 26.4 Å². The third-order valence-corrected chi connectivity index (χ3v) is 7.70. The summed E-state index contributed by atoms with van der Waals surface area (Å²) < 4.78 is 26.0. The number of hydrogen-bond donors (Lipinski definition) is 2. The van der Waals surface area contributed by atoms with Crippen LogP contribution >= 0.6 is 11.6 Å². The standard InChI is InChI=1S/C25H26ClN3O3S/c1-17(19-6-4-3-5-7-19)27-25(30)28-24-11-10-22(13-23(24)26)33(31,32)16-18-8-9-20-14-29(2)15-21(20)12-18/h3-13,17H,14-16H2,1-2H3,(H2,27,28,30). The molecule has 4 rings (SSSR count). The fraction of sp³-hybridized carbons (Fsp3) is 0.240. The van der Waals surface area contributed by atoms with Crippen LogP contribution in [0, 0.1) is 0 Å². The molecule has 8 heteroatoms. The minimum atomic E-state index is -3.59. The fourth-order valence-corrected chi connectivity index (χ4v) is 5.63. The van der Waals surface area contributed by atoms with E-state index in [1.165, 1.54) is 29.3 Å². The number of sulfone groups is 1. The molecule has 0 bridgehead atoms. The lowest BCUT2D eigenvalue weighted by Gasteiger charge is -2.16. The number of fused-ring (bicyclic) bond motifs is 1. The quantitative estimate of drug-likeness (QED) is 0.508. The SMILES string of the molecule is CC(NC(=O)Nc1ccc(S(=O)(=O)Cc2ccc3c(c2)CN(C)C3)cc1Cl)c1ccccc1. The molecule has 0 saturated carbocycles. The zero-order valence-electron chi connectivity index (χ0n) is 18.5. The van der Waals surface area contributed by atoms with Crippen LogP contribution in [0.2, 0.25) is 5.02 Å². The van der Waals surface area contributed by atoms with Gasteiger partial charge in [0.25, 0.3) is 0 Å². The number of rotatable bonds is 6. The summed E-state index contributed by atoms with van der Waals surface area (Å²) in [6.45, 7) is 3.58. The van der Waals surface area contributed by atoms with Gasteiger partial charge in [0.15, 0.2) is 9.84 Å². The monoisotopic (exact) mass is 483 g/mol. The number of benzene rings is 3. The Morgan fingerprint density at radius 2 is 1.76 bits per heavy atom. The molecule has 3 aromatic carbocycles. The zero-order valence-corrected chi connectivity index (χ0v) is 20.1. The van der Waals surface area contributed by atoms with Crippen molar-refractivity contribution in [1.29, 1.82) is 0 Å². The zero-order chi connectivity index (χ0) is 23.6. The molecule has 1 atom stereocenters. The van der Waals surface area contributed by atoms with Gasteiger partial charge in [-0.2, -0.15) is 0 Å². The van der Waals surface area contributed by atoms with Gasteiger partial charge >= 0.3 is 6.03 Å². The predicted octanol–water partition coefficient (Wildman–Crippen LogP) is 5.14. The number of nitrogens with zero attached hydrogens (tertiary/aromatic N) is 1. The van der Waals surface area contributed by atoms with E-state index in [2.05, 4.69) is 15.5 Å². The van der Waals surface area contributed by atoms with Crippen molar-refractivity contribution in [2.45, 2.75) is 36.7 Å². The van der Waals surface area contributed by atoms with E-state index in [1.54, 1.807) is 0 Å². The number of amides is 2. The summed E-state index contributed by atoms with van der Waals surface area (Å²) in [7, 11) is -1.56. The van der Waals surface area contributed by atoms with Crippen LogP contribution in [0.25, 0.3) is 0 Å². The maximum absolute atomic E-state index is 13.0. The normalized spacial score (nSPS) is 14.5. The van der Waals surface area contributed by atoms with Crippen molar-refractivity contribution < 1.29 is 13.2 Å². The summed E-state index contributed by atoms with van der Waals surface area (Å²) in [6.07, 6.45) is 0. The molecule has 1 unspecified atom stereocenters. The topological polar surface area (TPSA) is 78.5 Å². The molecule has 0 spiro atoms. The van der Waals surface area contributed by atoms with Crippen molar-refractivity contribution in [2.75, 3.05) is 12.4 Å². The van der Waals surface area contributed by atoms with Crippen molar-refractivity contribution in [2.24, 2.45) is 0 Å². The molecule has 0 fully saturated rings. The molecule has 0 saturated heterocycles. The van der Waals surface area contributed by atoms with Crippen LogP contribution in [0.5, 0.6) is 0 Å². The van der Waals surface area contributed by atoms with Gasteiger partial charge in [-0.15, -0.1) is 0 Å². The number of hydrogen-bond acceptors (Lipinski definition) is 4. The first-order valence-corrected chi connectivity index (χ1v) is 12.7. The minimum absolute atomic E-state index is 0.109. The summed E-state index contributed by atoms with van der Waals surface area (Å²) >= 11 is 6.32. The number of anilines is 1. The molecule has 1 aliphatic heterocycles. The Balaban J connectivity index is 1.43. The number of nitrogens with one attached hydrogen (secondary N) is 2. The fourth-order valence-electron chi connectivity index (χ4n) is 3.98.